The summed E-state index contributed by atoms with van der Waals surface area (Å²) in [7, 11) is 4.62. The summed E-state index contributed by atoms with van der Waals surface area (Å²) in [5.74, 6) is 1.12. The Hall–Kier alpha value is -4.63. The van der Waals surface area contributed by atoms with Crippen LogP contribution < -0.4 is 34.4 Å². The maximum absolute atomic E-state index is 13.9. The van der Waals surface area contributed by atoms with E-state index in [9.17, 15) is 9.59 Å². The molecule has 5 rings (SSSR count). The van der Waals surface area contributed by atoms with Crippen molar-refractivity contribution >= 4 is 29.0 Å². The monoisotopic (exact) mass is 541 g/mol. The number of allylic oxidation sites excluding steroid dienone is 1. The van der Waals surface area contributed by atoms with Crippen molar-refractivity contribution in [1.82, 2.24) is 4.57 Å². The first-order valence-corrected chi connectivity index (χ1v) is 13.0. The van der Waals surface area contributed by atoms with Gasteiger partial charge in [0.1, 0.15) is 0 Å². The molecule has 0 saturated carbocycles. The van der Waals surface area contributed by atoms with E-state index in [1.807, 2.05) is 60.7 Å². The van der Waals surface area contributed by atoms with Crippen LogP contribution in [0.5, 0.6) is 17.2 Å². The summed E-state index contributed by atoms with van der Waals surface area (Å²) in [6.45, 7) is 1.80. The minimum Gasteiger partial charge on any atom is -0.493 e. The molecule has 0 spiro atoms. The maximum Gasteiger partial charge on any atom is 0.271 e. The number of thiazole rings is 1. The van der Waals surface area contributed by atoms with Crippen molar-refractivity contribution in [3.05, 3.63) is 115 Å². The molecule has 0 unspecified atom stereocenters. The van der Waals surface area contributed by atoms with Gasteiger partial charge < -0.3 is 19.5 Å². The first kappa shape index (κ1) is 26.0. The minimum atomic E-state index is -0.645. The number of anilines is 1. The lowest BCUT2D eigenvalue weighted by Gasteiger charge is -2.25. The van der Waals surface area contributed by atoms with Crippen molar-refractivity contribution in [3.63, 3.8) is 0 Å². The van der Waals surface area contributed by atoms with Gasteiger partial charge in [0.25, 0.3) is 11.5 Å². The van der Waals surface area contributed by atoms with Gasteiger partial charge in [-0.1, -0.05) is 59.9 Å². The Morgan fingerprint density at radius 1 is 0.949 bits per heavy atom. The molecule has 0 saturated heterocycles. The number of para-hydroxylation sites is 1. The molecule has 39 heavy (non-hydrogen) atoms. The van der Waals surface area contributed by atoms with Gasteiger partial charge in [0.2, 0.25) is 5.75 Å². The van der Waals surface area contributed by atoms with Crippen LogP contribution in [0.25, 0.3) is 6.08 Å². The quantitative estimate of drug-likeness (QED) is 0.383. The summed E-state index contributed by atoms with van der Waals surface area (Å²) in [5.41, 5.74) is 2.89. The van der Waals surface area contributed by atoms with E-state index in [4.69, 9.17) is 19.2 Å². The van der Waals surface area contributed by atoms with Gasteiger partial charge in [-0.05, 0) is 48.4 Å². The Labute approximate surface area is 229 Å². The van der Waals surface area contributed by atoms with E-state index in [0.29, 0.717) is 49.1 Å². The van der Waals surface area contributed by atoms with E-state index in [-0.39, 0.29) is 11.5 Å². The number of carbonyl (C=O) groups is 1. The Morgan fingerprint density at radius 2 is 1.56 bits per heavy atom. The van der Waals surface area contributed by atoms with E-state index in [1.165, 1.54) is 18.4 Å². The van der Waals surface area contributed by atoms with Crippen LogP contribution in [0.4, 0.5) is 5.69 Å². The van der Waals surface area contributed by atoms with Crippen LogP contribution in [0, 0.1) is 0 Å². The highest BCUT2D eigenvalue weighted by Crippen LogP contribution is 2.38. The number of methoxy groups -OCH3 is 3. The van der Waals surface area contributed by atoms with E-state index < -0.39 is 6.04 Å². The number of ether oxygens (including phenoxy) is 3. The molecule has 0 radical (unpaired) electrons. The minimum absolute atomic E-state index is 0.251. The van der Waals surface area contributed by atoms with E-state index in [1.54, 1.807) is 43.9 Å². The molecule has 1 aliphatic heterocycles. The van der Waals surface area contributed by atoms with Crippen LogP contribution in [0.2, 0.25) is 0 Å². The SMILES string of the molecule is COc1cc(/C=c2\sc3n(c2=O)[C@H](c2ccccc2)C(C(=O)Nc2ccccc2)=C(C)N=3)cc(OC)c1OC. The molecule has 0 aliphatic carbocycles. The van der Waals surface area contributed by atoms with Crippen molar-refractivity contribution in [1.29, 1.82) is 0 Å². The fourth-order valence-electron chi connectivity index (χ4n) is 4.62. The third kappa shape index (κ3) is 4.96. The molecule has 8 nitrogen and oxygen atoms in total. The zero-order valence-corrected chi connectivity index (χ0v) is 22.7. The molecule has 1 aromatic heterocycles. The number of nitrogens with one attached hydrogen (secondary N) is 1. The largest absolute Gasteiger partial charge is 0.493 e. The summed E-state index contributed by atoms with van der Waals surface area (Å²) in [6, 6.07) is 21.6. The standard InChI is InChI=1S/C30H27N3O5S/c1-18-25(28(34)32-21-13-9-6-10-14-21)26(20-11-7-5-8-12-20)33-29(35)24(39-30(33)31-18)17-19-15-22(36-2)27(38-4)23(16-19)37-3/h5-17,26H,1-4H3,(H,32,34)/b24-17-/t26-/m1/s1. The molecule has 3 aromatic carbocycles. The lowest BCUT2D eigenvalue weighted by atomic mass is 9.95. The molecule has 198 valence electrons. The van der Waals surface area contributed by atoms with E-state index >= 15 is 0 Å². The topological polar surface area (TPSA) is 91.2 Å². The molecule has 1 atom stereocenters. The first-order valence-electron chi connectivity index (χ1n) is 12.2. The molecular weight excluding hydrogens is 514 g/mol. The number of benzene rings is 3. The van der Waals surface area contributed by atoms with Crippen LogP contribution in [0.15, 0.2) is 93.9 Å². The van der Waals surface area contributed by atoms with Crippen molar-refractivity contribution in [2.45, 2.75) is 13.0 Å². The summed E-state index contributed by atoms with van der Waals surface area (Å²) in [5, 5.41) is 2.96. The third-order valence-corrected chi connectivity index (χ3v) is 7.38. The molecule has 1 N–H and O–H groups in total. The van der Waals surface area contributed by atoms with Crippen molar-refractivity contribution in [2.75, 3.05) is 26.6 Å². The summed E-state index contributed by atoms with van der Waals surface area (Å²) >= 11 is 1.26. The fraction of sp³-hybridized carbons (Fsp3) is 0.167. The van der Waals surface area contributed by atoms with Crippen molar-refractivity contribution < 1.29 is 19.0 Å². The van der Waals surface area contributed by atoms with E-state index in [0.717, 1.165) is 5.56 Å². The van der Waals surface area contributed by atoms with Gasteiger partial charge in [0, 0.05) is 5.69 Å². The van der Waals surface area contributed by atoms with Crippen LogP contribution in [0.3, 0.4) is 0 Å². The predicted octanol–water partition coefficient (Wildman–Crippen LogP) is 3.90. The first-order chi connectivity index (χ1) is 18.9. The van der Waals surface area contributed by atoms with Gasteiger partial charge in [-0.2, -0.15) is 0 Å². The second kappa shape index (κ2) is 11.0. The highest BCUT2D eigenvalue weighted by Gasteiger charge is 2.32. The number of rotatable bonds is 7. The Bertz CT molecular complexity index is 1720. The molecule has 9 heteroatoms. The molecular formula is C30H27N3O5S. The van der Waals surface area contributed by atoms with Crippen molar-refractivity contribution in [2.24, 2.45) is 4.99 Å². The molecule has 1 aliphatic rings. The number of fused-ring (bicyclic) bond motifs is 1. The van der Waals surface area contributed by atoms with Crippen molar-refractivity contribution in [3.8, 4) is 17.2 Å². The number of hydrogen-bond acceptors (Lipinski definition) is 7. The molecule has 0 bridgehead atoms. The van der Waals surface area contributed by atoms with Gasteiger partial charge in [-0.15, -0.1) is 0 Å². The van der Waals surface area contributed by atoms with Gasteiger partial charge in [0.15, 0.2) is 16.3 Å². The number of amides is 1. The molecule has 2 heterocycles. The van der Waals surface area contributed by atoms with Crippen LogP contribution in [0.1, 0.15) is 24.1 Å². The van der Waals surface area contributed by atoms with Gasteiger partial charge in [-0.3, -0.25) is 14.2 Å². The van der Waals surface area contributed by atoms with Crippen LogP contribution in [-0.2, 0) is 4.79 Å². The summed E-state index contributed by atoms with van der Waals surface area (Å²) in [4.78, 5) is 32.7. The lowest BCUT2D eigenvalue weighted by molar-refractivity contribution is -0.113. The molecule has 4 aromatic rings. The Balaban J connectivity index is 1.67. The average Bonchev–Trinajstić information content (AvgIpc) is 3.26. The normalized spacial score (nSPS) is 14.9. The summed E-state index contributed by atoms with van der Waals surface area (Å²) in [6.07, 6.45) is 1.76. The van der Waals surface area contributed by atoms with Gasteiger partial charge in [0.05, 0.1) is 43.2 Å². The lowest BCUT2D eigenvalue weighted by Crippen LogP contribution is -2.40. The third-order valence-electron chi connectivity index (χ3n) is 6.40. The number of nitrogens with zero attached hydrogens (tertiary/aromatic N) is 2. The Morgan fingerprint density at radius 3 is 2.15 bits per heavy atom. The van der Waals surface area contributed by atoms with Gasteiger partial charge >= 0.3 is 0 Å². The predicted molar refractivity (Wildman–Crippen MR) is 151 cm³/mol. The number of carbonyl (C=O) groups excluding carboxylic acids is 1. The Kier molecular flexibility index (Phi) is 7.33. The fourth-order valence-corrected chi connectivity index (χ4v) is 5.67. The smallest absolute Gasteiger partial charge is 0.271 e. The average molecular weight is 542 g/mol. The second-order valence-corrected chi connectivity index (χ2v) is 9.78. The summed E-state index contributed by atoms with van der Waals surface area (Å²) < 4.78 is 18.4. The van der Waals surface area contributed by atoms with Crippen LogP contribution >= 0.6 is 11.3 Å². The highest BCUT2D eigenvalue weighted by molar-refractivity contribution is 7.07. The zero-order valence-electron chi connectivity index (χ0n) is 21.9. The second-order valence-electron chi connectivity index (χ2n) is 8.77. The number of hydrogen-bond donors (Lipinski definition) is 1. The van der Waals surface area contributed by atoms with Gasteiger partial charge in [-0.25, -0.2) is 4.99 Å². The molecule has 0 fully saturated rings. The number of aromatic nitrogens is 1. The van der Waals surface area contributed by atoms with Crippen LogP contribution in [-0.4, -0.2) is 31.8 Å². The zero-order chi connectivity index (χ0) is 27.5. The maximum atomic E-state index is 13.9. The van der Waals surface area contributed by atoms with E-state index in [2.05, 4.69) is 5.32 Å². The molecule has 1 amide bonds. The highest BCUT2D eigenvalue weighted by atomic mass is 32.1.